The molecule has 1 aromatic carbocycles. The Balaban J connectivity index is 2.37. The van der Waals surface area contributed by atoms with Crippen LogP contribution < -0.4 is 10.9 Å². The molecule has 0 fully saturated rings. The highest BCUT2D eigenvalue weighted by Crippen LogP contribution is 2.22. The summed E-state index contributed by atoms with van der Waals surface area (Å²) in [6.07, 6.45) is 3.16. The molecule has 2 rings (SSSR count). The second-order valence-electron chi connectivity index (χ2n) is 6.43. The van der Waals surface area contributed by atoms with Crippen LogP contribution in [0.2, 0.25) is 5.02 Å². The molecule has 1 heterocycles. The molecule has 0 aliphatic carbocycles. The molecule has 0 bridgehead atoms. The summed E-state index contributed by atoms with van der Waals surface area (Å²) in [5, 5.41) is 2.85. The maximum absolute atomic E-state index is 12.9. The minimum absolute atomic E-state index is 0.0299. The van der Waals surface area contributed by atoms with Gasteiger partial charge in [0.15, 0.2) is 0 Å². The number of hydrogen-bond donors (Lipinski definition) is 1. The van der Waals surface area contributed by atoms with Gasteiger partial charge >= 0.3 is 0 Å². The molecule has 28 heavy (non-hydrogen) atoms. The van der Waals surface area contributed by atoms with Crippen molar-refractivity contribution in [2.45, 2.75) is 26.7 Å². The number of aryl methyl sites for hydroxylation is 1. The summed E-state index contributed by atoms with van der Waals surface area (Å²) < 4.78 is 1.98. The van der Waals surface area contributed by atoms with E-state index in [9.17, 15) is 14.4 Å². The van der Waals surface area contributed by atoms with Crippen molar-refractivity contribution >= 4 is 45.0 Å². The van der Waals surface area contributed by atoms with Gasteiger partial charge in [0.05, 0.1) is 16.1 Å². The molecule has 2 amide bonds. The number of carbonyl (C=O) groups is 2. The van der Waals surface area contributed by atoms with E-state index in [1.807, 2.05) is 13.8 Å². The van der Waals surface area contributed by atoms with E-state index in [2.05, 4.69) is 21.2 Å². The Morgan fingerprint density at radius 2 is 1.82 bits per heavy atom. The molecule has 0 saturated carbocycles. The SMILES string of the molecule is CCCN(CCC)C(=O)c1cc(NC(=O)c2cc(Br)ccc2Cl)c(=O)n(C)c1. The van der Waals surface area contributed by atoms with Crippen molar-refractivity contribution in [1.82, 2.24) is 9.47 Å². The Labute approximate surface area is 177 Å². The lowest BCUT2D eigenvalue weighted by Crippen LogP contribution is -2.34. The van der Waals surface area contributed by atoms with E-state index >= 15 is 0 Å². The molecule has 8 heteroatoms. The van der Waals surface area contributed by atoms with Gasteiger partial charge < -0.3 is 14.8 Å². The summed E-state index contributed by atoms with van der Waals surface area (Å²) in [5.74, 6) is -0.692. The van der Waals surface area contributed by atoms with Crippen LogP contribution in [-0.2, 0) is 7.05 Å². The molecule has 2 aromatic rings. The Morgan fingerprint density at radius 1 is 1.18 bits per heavy atom. The first-order valence-electron chi connectivity index (χ1n) is 9.04. The molecule has 0 aliphatic heterocycles. The molecular weight excluding hydrogens is 446 g/mol. The Hall–Kier alpha value is -2.12. The smallest absolute Gasteiger partial charge is 0.274 e. The molecular formula is C20H23BrClN3O3. The summed E-state index contributed by atoms with van der Waals surface area (Å²) in [6.45, 7) is 5.27. The summed E-state index contributed by atoms with van der Waals surface area (Å²) in [5.41, 5.74) is 0.198. The Morgan fingerprint density at radius 3 is 2.43 bits per heavy atom. The molecule has 0 spiro atoms. The predicted octanol–water partition coefficient (Wildman–Crippen LogP) is 4.32. The van der Waals surface area contributed by atoms with Crippen LogP contribution in [0.25, 0.3) is 0 Å². The van der Waals surface area contributed by atoms with Gasteiger partial charge in [-0.2, -0.15) is 0 Å². The zero-order valence-electron chi connectivity index (χ0n) is 16.1. The Bertz CT molecular complexity index is 937. The average Bonchev–Trinajstić information content (AvgIpc) is 2.66. The van der Waals surface area contributed by atoms with Crippen molar-refractivity contribution in [3.63, 3.8) is 0 Å². The van der Waals surface area contributed by atoms with E-state index in [4.69, 9.17) is 11.6 Å². The van der Waals surface area contributed by atoms with E-state index in [0.29, 0.717) is 23.1 Å². The van der Waals surface area contributed by atoms with Crippen molar-refractivity contribution in [2.75, 3.05) is 18.4 Å². The predicted molar refractivity (Wildman–Crippen MR) is 115 cm³/mol. The monoisotopic (exact) mass is 467 g/mol. The normalized spacial score (nSPS) is 10.6. The fraction of sp³-hybridized carbons (Fsp3) is 0.350. The van der Waals surface area contributed by atoms with Crippen LogP contribution in [0.3, 0.4) is 0 Å². The number of rotatable bonds is 7. The third kappa shape index (κ3) is 5.23. The van der Waals surface area contributed by atoms with Crippen molar-refractivity contribution < 1.29 is 9.59 Å². The lowest BCUT2D eigenvalue weighted by atomic mass is 10.2. The third-order valence-electron chi connectivity index (χ3n) is 4.13. The van der Waals surface area contributed by atoms with Gasteiger partial charge in [0.25, 0.3) is 17.4 Å². The summed E-state index contributed by atoms with van der Waals surface area (Å²) >= 11 is 9.39. The number of aromatic nitrogens is 1. The second kappa shape index (κ2) is 9.89. The van der Waals surface area contributed by atoms with Crippen molar-refractivity contribution in [1.29, 1.82) is 0 Å². The first-order valence-corrected chi connectivity index (χ1v) is 10.2. The number of carbonyl (C=O) groups excluding carboxylic acids is 2. The highest BCUT2D eigenvalue weighted by molar-refractivity contribution is 9.10. The molecule has 0 unspecified atom stereocenters. The highest BCUT2D eigenvalue weighted by Gasteiger charge is 2.19. The molecule has 0 radical (unpaired) electrons. The number of halogens is 2. The number of benzene rings is 1. The minimum Gasteiger partial charge on any atom is -0.339 e. The maximum Gasteiger partial charge on any atom is 0.274 e. The van der Waals surface area contributed by atoms with Crippen LogP contribution in [0, 0.1) is 0 Å². The molecule has 6 nitrogen and oxygen atoms in total. The summed E-state index contributed by atoms with van der Waals surface area (Å²) in [6, 6.07) is 6.30. The van der Waals surface area contributed by atoms with Crippen molar-refractivity contribution in [3.05, 3.63) is 61.4 Å². The fourth-order valence-corrected chi connectivity index (χ4v) is 3.38. The first kappa shape index (κ1) is 22.2. The van der Waals surface area contributed by atoms with Gasteiger partial charge in [-0.05, 0) is 37.1 Å². The molecule has 0 aliphatic rings. The molecule has 1 aromatic heterocycles. The van der Waals surface area contributed by atoms with E-state index in [1.165, 1.54) is 16.8 Å². The van der Waals surface area contributed by atoms with Crippen LogP contribution in [0.5, 0.6) is 0 Å². The largest absolute Gasteiger partial charge is 0.339 e. The number of amides is 2. The van der Waals surface area contributed by atoms with Gasteiger partial charge in [-0.1, -0.05) is 41.4 Å². The standard InChI is InChI=1S/C20H23BrClN3O3/c1-4-8-25(9-5-2)19(27)13-10-17(20(28)24(3)12-13)23-18(26)15-11-14(21)6-7-16(15)22/h6-7,10-12H,4-5,8-9H2,1-3H3,(H,23,26). The summed E-state index contributed by atoms with van der Waals surface area (Å²) in [7, 11) is 1.55. The van der Waals surface area contributed by atoms with Crippen LogP contribution in [-0.4, -0.2) is 34.4 Å². The quantitative estimate of drug-likeness (QED) is 0.658. The lowest BCUT2D eigenvalue weighted by molar-refractivity contribution is 0.0754. The van der Waals surface area contributed by atoms with Crippen LogP contribution in [0.4, 0.5) is 5.69 Å². The fourth-order valence-electron chi connectivity index (χ4n) is 2.82. The van der Waals surface area contributed by atoms with E-state index in [0.717, 1.165) is 12.8 Å². The lowest BCUT2D eigenvalue weighted by Gasteiger charge is -2.22. The van der Waals surface area contributed by atoms with E-state index in [-0.39, 0.29) is 22.2 Å². The van der Waals surface area contributed by atoms with Crippen molar-refractivity contribution in [2.24, 2.45) is 7.05 Å². The van der Waals surface area contributed by atoms with Gasteiger partial charge in [0.2, 0.25) is 0 Å². The number of nitrogens with zero attached hydrogens (tertiary/aromatic N) is 2. The first-order chi connectivity index (χ1) is 13.3. The molecule has 1 N–H and O–H groups in total. The minimum atomic E-state index is -0.521. The number of pyridine rings is 1. The van der Waals surface area contributed by atoms with Crippen molar-refractivity contribution in [3.8, 4) is 0 Å². The van der Waals surface area contributed by atoms with Crippen LogP contribution in [0.15, 0.2) is 39.7 Å². The van der Waals surface area contributed by atoms with Gasteiger partial charge in [0, 0.05) is 30.8 Å². The number of anilines is 1. The van der Waals surface area contributed by atoms with Crippen LogP contribution in [0.1, 0.15) is 47.4 Å². The second-order valence-corrected chi connectivity index (χ2v) is 7.75. The van der Waals surface area contributed by atoms with E-state index in [1.54, 1.807) is 30.1 Å². The zero-order chi connectivity index (χ0) is 20.8. The highest BCUT2D eigenvalue weighted by atomic mass is 79.9. The molecule has 0 saturated heterocycles. The van der Waals surface area contributed by atoms with Crippen LogP contribution >= 0.6 is 27.5 Å². The maximum atomic E-state index is 12.9. The number of nitrogens with one attached hydrogen (secondary N) is 1. The zero-order valence-corrected chi connectivity index (χ0v) is 18.4. The third-order valence-corrected chi connectivity index (χ3v) is 4.95. The van der Waals surface area contributed by atoms with Gasteiger partial charge in [-0.15, -0.1) is 0 Å². The topological polar surface area (TPSA) is 71.4 Å². The van der Waals surface area contributed by atoms with Gasteiger partial charge in [-0.25, -0.2) is 0 Å². The number of hydrogen-bond acceptors (Lipinski definition) is 3. The molecule has 150 valence electrons. The van der Waals surface area contributed by atoms with Gasteiger partial charge in [0.1, 0.15) is 5.69 Å². The summed E-state index contributed by atoms with van der Waals surface area (Å²) in [4.78, 5) is 39.7. The Kier molecular flexibility index (Phi) is 7.83. The molecule has 0 atom stereocenters. The average molecular weight is 469 g/mol. The van der Waals surface area contributed by atoms with Gasteiger partial charge in [-0.3, -0.25) is 14.4 Å². The van der Waals surface area contributed by atoms with E-state index < -0.39 is 11.5 Å².